The molecule has 1 aliphatic carbocycles. The highest BCUT2D eigenvalue weighted by Crippen LogP contribution is 2.43. The summed E-state index contributed by atoms with van der Waals surface area (Å²) in [5.41, 5.74) is 3.78. The Balaban J connectivity index is 1.72. The fourth-order valence-electron chi connectivity index (χ4n) is 4.50. The first-order chi connectivity index (χ1) is 15.6. The molecule has 0 radical (unpaired) electrons. The van der Waals surface area contributed by atoms with Crippen molar-refractivity contribution in [3.05, 3.63) is 107 Å². The molecule has 32 heavy (non-hydrogen) atoms. The van der Waals surface area contributed by atoms with E-state index in [4.69, 9.17) is 16.3 Å². The van der Waals surface area contributed by atoms with Crippen LogP contribution in [0.1, 0.15) is 47.1 Å². The molecule has 5 heteroatoms. The highest BCUT2D eigenvalue weighted by atomic mass is 35.5. The van der Waals surface area contributed by atoms with Crippen molar-refractivity contribution < 1.29 is 9.53 Å². The highest BCUT2D eigenvalue weighted by molar-refractivity contribution is 6.30. The second-order valence-electron chi connectivity index (χ2n) is 8.19. The standard InChI is InChI=1S/C27H23ClN2O2/c1-27(26-29-15-16-30-26,19-8-3-2-4-9-19)32-24-14-13-21-22(11-6-12-23(21)31)25(24)18-7-5-10-20(28)17-18/h2-5,7-10,13-17H,6,11-12H2,1H3,(H,29,30)/t27-/m0/s1. The molecule has 0 saturated carbocycles. The molecule has 4 nitrogen and oxygen atoms in total. The summed E-state index contributed by atoms with van der Waals surface area (Å²) in [7, 11) is 0. The Morgan fingerprint density at radius 1 is 1.03 bits per heavy atom. The molecule has 0 amide bonds. The Morgan fingerprint density at radius 2 is 1.88 bits per heavy atom. The van der Waals surface area contributed by atoms with Crippen molar-refractivity contribution in [2.75, 3.05) is 0 Å². The van der Waals surface area contributed by atoms with Gasteiger partial charge in [0.25, 0.3) is 0 Å². The van der Waals surface area contributed by atoms with E-state index in [2.05, 4.69) is 9.97 Å². The maximum Gasteiger partial charge on any atom is 0.188 e. The topological polar surface area (TPSA) is 55.0 Å². The van der Waals surface area contributed by atoms with Crippen LogP contribution in [0.15, 0.2) is 79.1 Å². The summed E-state index contributed by atoms with van der Waals surface area (Å²) < 4.78 is 6.81. The lowest BCUT2D eigenvalue weighted by Gasteiger charge is -2.32. The molecular weight excluding hydrogens is 420 g/mol. The number of hydrogen-bond acceptors (Lipinski definition) is 3. The van der Waals surface area contributed by atoms with E-state index in [0.29, 0.717) is 23.0 Å². The van der Waals surface area contributed by atoms with Crippen LogP contribution >= 0.6 is 11.6 Å². The van der Waals surface area contributed by atoms with E-state index in [-0.39, 0.29) is 5.78 Å². The van der Waals surface area contributed by atoms with Crippen molar-refractivity contribution in [3.63, 3.8) is 0 Å². The number of imidazole rings is 1. The summed E-state index contributed by atoms with van der Waals surface area (Å²) in [4.78, 5) is 20.4. The molecule has 0 aliphatic heterocycles. The number of aromatic amines is 1. The van der Waals surface area contributed by atoms with Crippen LogP contribution in [-0.2, 0) is 12.0 Å². The molecule has 3 aromatic carbocycles. The molecule has 0 saturated heterocycles. The van der Waals surface area contributed by atoms with Gasteiger partial charge in [-0.25, -0.2) is 4.98 Å². The number of Topliss-reactive ketones (excluding diaryl/α,β-unsaturated/α-hetero) is 1. The maximum absolute atomic E-state index is 12.7. The van der Waals surface area contributed by atoms with Crippen LogP contribution in [0.25, 0.3) is 11.1 Å². The van der Waals surface area contributed by atoms with Crippen LogP contribution in [0.3, 0.4) is 0 Å². The lowest BCUT2D eigenvalue weighted by Crippen LogP contribution is -2.32. The molecule has 160 valence electrons. The molecule has 1 N–H and O–H groups in total. The third kappa shape index (κ3) is 3.61. The Hall–Kier alpha value is -3.37. The van der Waals surface area contributed by atoms with Crippen molar-refractivity contribution in [2.24, 2.45) is 0 Å². The zero-order valence-electron chi connectivity index (χ0n) is 17.8. The summed E-state index contributed by atoms with van der Waals surface area (Å²) in [6, 6.07) is 21.5. The van der Waals surface area contributed by atoms with Gasteiger partial charge in [-0.2, -0.15) is 0 Å². The third-order valence-electron chi connectivity index (χ3n) is 6.11. The molecule has 1 aromatic heterocycles. The van der Waals surface area contributed by atoms with Gasteiger partial charge < -0.3 is 9.72 Å². The second-order valence-corrected chi connectivity index (χ2v) is 8.63. The van der Waals surface area contributed by atoms with Crippen LogP contribution in [0, 0.1) is 0 Å². The van der Waals surface area contributed by atoms with Gasteiger partial charge in [0.1, 0.15) is 5.75 Å². The van der Waals surface area contributed by atoms with E-state index in [9.17, 15) is 4.79 Å². The van der Waals surface area contributed by atoms with E-state index >= 15 is 0 Å². The van der Waals surface area contributed by atoms with E-state index in [1.165, 1.54) is 0 Å². The van der Waals surface area contributed by atoms with Crippen LogP contribution < -0.4 is 4.74 Å². The zero-order chi connectivity index (χ0) is 22.1. The summed E-state index contributed by atoms with van der Waals surface area (Å²) >= 11 is 6.35. The number of carbonyl (C=O) groups excluding carboxylic acids is 1. The fourth-order valence-corrected chi connectivity index (χ4v) is 4.69. The Kier molecular flexibility index (Phi) is 5.32. The summed E-state index contributed by atoms with van der Waals surface area (Å²) in [6.07, 6.45) is 5.75. The van der Waals surface area contributed by atoms with E-state index in [0.717, 1.165) is 40.7 Å². The number of hydrogen-bond donors (Lipinski definition) is 1. The molecule has 0 fully saturated rings. The normalized spacial score (nSPS) is 15.1. The number of aromatic nitrogens is 2. The Labute approximate surface area is 192 Å². The van der Waals surface area contributed by atoms with Gasteiger partial charge in [0.2, 0.25) is 0 Å². The van der Waals surface area contributed by atoms with Crippen molar-refractivity contribution in [3.8, 4) is 16.9 Å². The van der Waals surface area contributed by atoms with Crippen molar-refractivity contribution in [1.82, 2.24) is 9.97 Å². The summed E-state index contributed by atoms with van der Waals surface area (Å²) in [5.74, 6) is 1.58. The lowest BCUT2D eigenvalue weighted by atomic mass is 9.84. The fraction of sp³-hybridized carbons (Fsp3) is 0.185. The molecule has 1 aliphatic rings. The molecule has 4 aromatic rings. The second kappa shape index (κ2) is 8.29. The van der Waals surface area contributed by atoms with Gasteiger partial charge in [-0.1, -0.05) is 54.1 Å². The first kappa shape index (κ1) is 20.5. The SMILES string of the molecule is C[C@](Oc1ccc2c(c1-c1cccc(Cl)c1)CCCC2=O)(c1ccccc1)c1ncc[nH]1. The van der Waals surface area contributed by atoms with Gasteiger partial charge in [0.05, 0.1) is 0 Å². The predicted octanol–water partition coefficient (Wildman–Crippen LogP) is 6.59. The summed E-state index contributed by atoms with van der Waals surface area (Å²) in [5, 5.41) is 0.644. The van der Waals surface area contributed by atoms with Crippen molar-refractivity contribution >= 4 is 17.4 Å². The van der Waals surface area contributed by atoms with Gasteiger partial charge in [0.15, 0.2) is 17.2 Å². The number of ketones is 1. The minimum absolute atomic E-state index is 0.179. The minimum Gasteiger partial charge on any atom is -0.474 e. The van der Waals surface area contributed by atoms with Gasteiger partial charge in [0, 0.05) is 40.5 Å². The third-order valence-corrected chi connectivity index (χ3v) is 6.34. The monoisotopic (exact) mass is 442 g/mol. The van der Waals surface area contributed by atoms with Gasteiger partial charge in [-0.05, 0) is 55.2 Å². The number of carbonyl (C=O) groups is 1. The van der Waals surface area contributed by atoms with Gasteiger partial charge >= 0.3 is 0 Å². The first-order valence-corrected chi connectivity index (χ1v) is 11.1. The van der Waals surface area contributed by atoms with Crippen molar-refractivity contribution in [1.29, 1.82) is 0 Å². The Bertz CT molecular complexity index is 1270. The number of nitrogens with zero attached hydrogens (tertiary/aromatic N) is 1. The van der Waals surface area contributed by atoms with E-state index < -0.39 is 5.60 Å². The molecule has 1 heterocycles. The zero-order valence-corrected chi connectivity index (χ0v) is 18.5. The van der Waals surface area contributed by atoms with Crippen LogP contribution in [0.2, 0.25) is 5.02 Å². The lowest BCUT2D eigenvalue weighted by molar-refractivity contribution is 0.0972. The number of halogens is 1. The first-order valence-electron chi connectivity index (χ1n) is 10.8. The number of rotatable bonds is 5. The van der Waals surface area contributed by atoms with E-state index in [1.54, 1.807) is 12.4 Å². The highest BCUT2D eigenvalue weighted by Gasteiger charge is 2.36. The molecule has 0 unspecified atom stereocenters. The average Bonchev–Trinajstić information content (AvgIpc) is 3.35. The van der Waals surface area contributed by atoms with Crippen LogP contribution in [-0.4, -0.2) is 15.8 Å². The molecule has 5 rings (SSSR count). The van der Waals surface area contributed by atoms with Crippen LogP contribution in [0.5, 0.6) is 5.75 Å². The van der Waals surface area contributed by atoms with E-state index in [1.807, 2.05) is 73.7 Å². The number of nitrogens with one attached hydrogen (secondary N) is 1. The molecule has 1 atom stereocenters. The van der Waals surface area contributed by atoms with Crippen molar-refractivity contribution in [2.45, 2.75) is 31.8 Å². The van der Waals surface area contributed by atoms with Gasteiger partial charge in [-0.3, -0.25) is 4.79 Å². The number of ether oxygens (including phenoxy) is 1. The summed E-state index contributed by atoms with van der Waals surface area (Å²) in [6.45, 7) is 2.01. The molecular formula is C27H23ClN2O2. The molecule has 0 bridgehead atoms. The average molecular weight is 443 g/mol. The quantitative estimate of drug-likeness (QED) is 0.379. The maximum atomic E-state index is 12.7. The largest absolute Gasteiger partial charge is 0.474 e. The van der Waals surface area contributed by atoms with Gasteiger partial charge in [-0.15, -0.1) is 0 Å². The van der Waals surface area contributed by atoms with Crippen LogP contribution in [0.4, 0.5) is 0 Å². The predicted molar refractivity (Wildman–Crippen MR) is 126 cm³/mol. The molecule has 0 spiro atoms. The minimum atomic E-state index is -0.856. The number of benzene rings is 3. The number of fused-ring (bicyclic) bond motifs is 1. The Morgan fingerprint density at radius 3 is 2.62 bits per heavy atom. The smallest absolute Gasteiger partial charge is 0.188 e. The number of H-pyrrole nitrogens is 1.